The van der Waals surface area contributed by atoms with Gasteiger partial charge in [0, 0.05) is 24.5 Å². The first-order valence-corrected chi connectivity index (χ1v) is 8.16. The zero-order valence-electron chi connectivity index (χ0n) is 13.5. The minimum Gasteiger partial charge on any atom is -0.434 e. The van der Waals surface area contributed by atoms with Crippen LogP contribution in [0.4, 0.5) is 22.0 Å². The zero-order valence-corrected chi connectivity index (χ0v) is 14.3. The van der Waals surface area contributed by atoms with E-state index in [-0.39, 0.29) is 29.8 Å². The molecule has 0 aliphatic carbocycles. The molecule has 2 rings (SSSR count). The topological polar surface area (TPSA) is 58.5 Å². The maximum atomic E-state index is 12.5. The molecule has 2 aromatic rings. The quantitative estimate of drug-likeness (QED) is 0.446. The van der Waals surface area contributed by atoms with Crippen molar-refractivity contribution in [3.05, 3.63) is 45.9 Å². The van der Waals surface area contributed by atoms with E-state index in [1.54, 1.807) is 18.2 Å². The van der Waals surface area contributed by atoms with E-state index in [1.165, 1.54) is 13.1 Å². The first-order valence-electron chi connectivity index (χ1n) is 7.28. The van der Waals surface area contributed by atoms with Crippen LogP contribution in [0.3, 0.4) is 0 Å². The summed E-state index contributed by atoms with van der Waals surface area (Å²) in [6, 6.07) is 6.25. The van der Waals surface area contributed by atoms with Crippen LogP contribution in [0.15, 0.2) is 34.6 Å². The Morgan fingerprint density at radius 2 is 1.92 bits per heavy atom. The van der Waals surface area contributed by atoms with E-state index >= 15 is 0 Å². The molecule has 0 aliphatic heterocycles. The summed E-state index contributed by atoms with van der Waals surface area (Å²) in [5.74, 6) is 0.306. The van der Waals surface area contributed by atoms with Crippen molar-refractivity contribution in [2.75, 3.05) is 7.05 Å². The monoisotopic (exact) mass is 394 g/mol. The Morgan fingerprint density at radius 3 is 2.54 bits per heavy atom. The van der Waals surface area contributed by atoms with Gasteiger partial charge in [0.2, 0.25) is 0 Å². The average molecular weight is 394 g/mol. The Hall–Kier alpha value is -2.43. The lowest BCUT2D eigenvalue weighted by Gasteiger charge is -2.14. The van der Waals surface area contributed by atoms with Crippen LogP contribution in [0.25, 0.3) is 0 Å². The van der Waals surface area contributed by atoms with Gasteiger partial charge in [0.25, 0.3) is 0 Å². The van der Waals surface area contributed by atoms with E-state index in [0.29, 0.717) is 5.56 Å². The van der Waals surface area contributed by atoms with E-state index in [0.717, 1.165) is 16.7 Å². The third-order valence-corrected chi connectivity index (χ3v) is 3.96. The Morgan fingerprint density at radius 1 is 1.23 bits per heavy atom. The van der Waals surface area contributed by atoms with Crippen LogP contribution >= 0.6 is 11.3 Å². The van der Waals surface area contributed by atoms with Crippen molar-refractivity contribution in [1.82, 2.24) is 15.6 Å². The van der Waals surface area contributed by atoms with Gasteiger partial charge in [0.1, 0.15) is 10.8 Å². The summed E-state index contributed by atoms with van der Waals surface area (Å²) in [5.41, 5.74) is -0.468. The number of rotatable bonds is 6. The summed E-state index contributed by atoms with van der Waals surface area (Å²) >= 11 is 0.873. The molecule has 0 saturated heterocycles. The standard InChI is InChI=1S/C15H15F5N4OS/c1-21-14(23-7-12-24-11(8-26-12)15(18,19)20)22-6-9-4-2-3-5-10(9)25-13(16)17/h2-5,8,13H,6-7H2,1H3,(H2,21,22,23). The van der Waals surface area contributed by atoms with Crippen molar-refractivity contribution in [1.29, 1.82) is 0 Å². The van der Waals surface area contributed by atoms with Crippen molar-refractivity contribution < 1.29 is 26.7 Å². The van der Waals surface area contributed by atoms with E-state index in [2.05, 4.69) is 25.3 Å². The number of thiazole rings is 1. The van der Waals surface area contributed by atoms with Gasteiger partial charge in [-0.1, -0.05) is 18.2 Å². The number of hydrogen-bond donors (Lipinski definition) is 2. The zero-order chi connectivity index (χ0) is 19.2. The maximum Gasteiger partial charge on any atom is 0.434 e. The smallest absolute Gasteiger partial charge is 0.434 e. The lowest BCUT2D eigenvalue weighted by atomic mass is 10.2. The summed E-state index contributed by atoms with van der Waals surface area (Å²) in [4.78, 5) is 7.42. The molecule has 26 heavy (non-hydrogen) atoms. The number of para-hydroxylation sites is 1. The van der Waals surface area contributed by atoms with Gasteiger partial charge in [-0.05, 0) is 6.07 Å². The van der Waals surface area contributed by atoms with Gasteiger partial charge < -0.3 is 15.4 Å². The second-order valence-corrected chi connectivity index (χ2v) is 5.83. The van der Waals surface area contributed by atoms with Gasteiger partial charge in [0.05, 0.1) is 6.54 Å². The molecule has 0 atom stereocenters. The highest BCUT2D eigenvalue weighted by Gasteiger charge is 2.33. The molecular formula is C15H15F5N4OS. The molecule has 0 unspecified atom stereocenters. The molecule has 0 fully saturated rings. The number of aromatic nitrogens is 1. The molecule has 142 valence electrons. The van der Waals surface area contributed by atoms with Crippen LogP contribution in [0.5, 0.6) is 5.75 Å². The number of guanidine groups is 1. The maximum absolute atomic E-state index is 12.5. The molecule has 1 aromatic carbocycles. The number of halogens is 5. The lowest BCUT2D eigenvalue weighted by Crippen LogP contribution is -2.36. The number of nitrogens with one attached hydrogen (secondary N) is 2. The van der Waals surface area contributed by atoms with Gasteiger partial charge in [-0.2, -0.15) is 22.0 Å². The molecule has 0 saturated carbocycles. The van der Waals surface area contributed by atoms with Gasteiger partial charge in [-0.15, -0.1) is 11.3 Å². The van der Waals surface area contributed by atoms with Gasteiger partial charge in [0.15, 0.2) is 11.7 Å². The molecule has 0 spiro atoms. The minimum atomic E-state index is -4.48. The second kappa shape index (κ2) is 8.79. The molecule has 0 amide bonds. The molecule has 11 heteroatoms. The first kappa shape index (κ1) is 19.9. The van der Waals surface area contributed by atoms with Crippen molar-refractivity contribution in [3.63, 3.8) is 0 Å². The molecule has 1 aromatic heterocycles. The highest BCUT2D eigenvalue weighted by molar-refractivity contribution is 7.09. The summed E-state index contributed by atoms with van der Waals surface area (Å²) in [7, 11) is 1.47. The summed E-state index contributed by atoms with van der Waals surface area (Å²) in [6.07, 6.45) is -4.48. The van der Waals surface area contributed by atoms with Crippen LogP contribution < -0.4 is 15.4 Å². The van der Waals surface area contributed by atoms with E-state index in [4.69, 9.17) is 0 Å². The van der Waals surface area contributed by atoms with Crippen LogP contribution in [-0.2, 0) is 19.3 Å². The van der Waals surface area contributed by atoms with E-state index < -0.39 is 18.5 Å². The fraction of sp³-hybridized carbons (Fsp3) is 0.333. The largest absolute Gasteiger partial charge is 0.434 e. The number of nitrogens with zero attached hydrogens (tertiary/aromatic N) is 2. The van der Waals surface area contributed by atoms with Gasteiger partial charge >= 0.3 is 12.8 Å². The Labute approximate surface area is 149 Å². The fourth-order valence-electron chi connectivity index (χ4n) is 1.94. The molecule has 0 aliphatic rings. The van der Waals surface area contributed by atoms with Gasteiger partial charge in [-0.25, -0.2) is 4.98 Å². The third-order valence-electron chi connectivity index (χ3n) is 3.11. The summed E-state index contributed by atoms with van der Waals surface area (Å²) in [5, 5.41) is 6.86. The highest BCUT2D eigenvalue weighted by atomic mass is 32.1. The lowest BCUT2D eigenvalue weighted by molar-refractivity contribution is -0.140. The Kier molecular flexibility index (Phi) is 6.72. The summed E-state index contributed by atoms with van der Waals surface area (Å²) in [6.45, 7) is -2.77. The predicted octanol–water partition coefficient (Wildman–Crippen LogP) is 3.63. The Bertz CT molecular complexity index is 748. The van der Waals surface area contributed by atoms with Crippen LogP contribution in [0, 0.1) is 0 Å². The van der Waals surface area contributed by atoms with E-state index in [1.807, 2.05) is 0 Å². The fourth-order valence-corrected chi connectivity index (χ4v) is 2.68. The predicted molar refractivity (Wildman–Crippen MR) is 87.2 cm³/mol. The van der Waals surface area contributed by atoms with E-state index in [9.17, 15) is 22.0 Å². The molecule has 1 heterocycles. The molecule has 0 bridgehead atoms. The van der Waals surface area contributed by atoms with Crippen molar-refractivity contribution in [2.45, 2.75) is 25.9 Å². The van der Waals surface area contributed by atoms with Crippen molar-refractivity contribution in [2.24, 2.45) is 4.99 Å². The number of aliphatic imine (C=N–C) groups is 1. The Balaban J connectivity index is 1.92. The SMILES string of the molecule is CN=C(NCc1nc(C(F)(F)F)cs1)NCc1ccccc1OC(F)F. The normalized spacial score (nSPS) is 12.3. The van der Waals surface area contributed by atoms with Crippen molar-refractivity contribution in [3.8, 4) is 5.75 Å². The van der Waals surface area contributed by atoms with Crippen LogP contribution in [-0.4, -0.2) is 24.6 Å². The van der Waals surface area contributed by atoms with Crippen LogP contribution in [0.2, 0.25) is 0 Å². The molecule has 2 N–H and O–H groups in total. The number of hydrogen-bond acceptors (Lipinski definition) is 4. The van der Waals surface area contributed by atoms with Crippen LogP contribution in [0.1, 0.15) is 16.3 Å². The highest BCUT2D eigenvalue weighted by Crippen LogP contribution is 2.29. The summed E-state index contributed by atoms with van der Waals surface area (Å²) < 4.78 is 66.8. The average Bonchev–Trinajstić information content (AvgIpc) is 3.05. The first-order chi connectivity index (χ1) is 12.3. The minimum absolute atomic E-state index is 0.0280. The second-order valence-electron chi connectivity index (χ2n) is 4.89. The number of alkyl halides is 5. The third kappa shape index (κ3) is 5.83. The molecule has 5 nitrogen and oxygen atoms in total. The number of benzene rings is 1. The van der Waals surface area contributed by atoms with Crippen molar-refractivity contribution >= 4 is 17.3 Å². The number of ether oxygens (including phenoxy) is 1. The molecule has 0 radical (unpaired) electrons. The molecular weight excluding hydrogens is 379 g/mol. The van der Waals surface area contributed by atoms with Gasteiger partial charge in [-0.3, -0.25) is 4.99 Å².